The standard InChI is InChI=1S/C9H18O2Si/c1-8(10-3)7-9(2)11-12(4,5)6/h7H,1H2,2-6H3. The van der Waals surface area contributed by atoms with Crippen LogP contribution in [0.2, 0.25) is 19.6 Å². The normalized spacial score (nSPS) is 12.6. The summed E-state index contributed by atoms with van der Waals surface area (Å²) in [4.78, 5) is 0. The predicted molar refractivity (Wildman–Crippen MR) is 54.3 cm³/mol. The Morgan fingerprint density at radius 1 is 1.33 bits per heavy atom. The van der Waals surface area contributed by atoms with Gasteiger partial charge in [-0.25, -0.2) is 0 Å². The summed E-state index contributed by atoms with van der Waals surface area (Å²) in [5.74, 6) is 1.51. The molecule has 0 amide bonds. The molecule has 0 atom stereocenters. The highest BCUT2D eigenvalue weighted by Gasteiger charge is 2.15. The smallest absolute Gasteiger partial charge is 0.241 e. The molecule has 0 radical (unpaired) electrons. The van der Waals surface area contributed by atoms with Crippen LogP contribution in [0.15, 0.2) is 24.2 Å². The number of hydrogen-bond donors (Lipinski definition) is 0. The van der Waals surface area contributed by atoms with Gasteiger partial charge in [0, 0.05) is 6.08 Å². The zero-order valence-electron chi connectivity index (χ0n) is 8.60. The molecule has 0 fully saturated rings. The second-order valence-electron chi connectivity index (χ2n) is 3.64. The summed E-state index contributed by atoms with van der Waals surface area (Å²) < 4.78 is 10.6. The maximum absolute atomic E-state index is 5.67. The van der Waals surface area contributed by atoms with Gasteiger partial charge in [0.1, 0.15) is 5.76 Å². The molecule has 0 aliphatic rings. The van der Waals surface area contributed by atoms with Gasteiger partial charge in [-0.3, -0.25) is 0 Å². The minimum absolute atomic E-state index is 0.630. The zero-order valence-corrected chi connectivity index (χ0v) is 9.60. The summed E-state index contributed by atoms with van der Waals surface area (Å²) in [6.07, 6.45) is 1.80. The third-order valence-electron chi connectivity index (χ3n) is 1.09. The van der Waals surface area contributed by atoms with E-state index in [1.807, 2.05) is 6.92 Å². The van der Waals surface area contributed by atoms with Gasteiger partial charge in [-0.1, -0.05) is 6.58 Å². The van der Waals surface area contributed by atoms with E-state index in [1.54, 1.807) is 13.2 Å². The van der Waals surface area contributed by atoms with Crippen molar-refractivity contribution < 1.29 is 9.16 Å². The number of allylic oxidation sites excluding steroid dienone is 2. The van der Waals surface area contributed by atoms with Gasteiger partial charge < -0.3 is 9.16 Å². The van der Waals surface area contributed by atoms with Crippen LogP contribution in [0.1, 0.15) is 6.92 Å². The lowest BCUT2D eigenvalue weighted by atomic mass is 10.4. The monoisotopic (exact) mass is 186 g/mol. The summed E-state index contributed by atoms with van der Waals surface area (Å²) in [5.41, 5.74) is 0. The molecule has 0 rings (SSSR count). The van der Waals surface area contributed by atoms with E-state index in [0.29, 0.717) is 5.76 Å². The van der Waals surface area contributed by atoms with Crippen molar-refractivity contribution in [2.45, 2.75) is 26.6 Å². The van der Waals surface area contributed by atoms with E-state index in [9.17, 15) is 0 Å². The Morgan fingerprint density at radius 3 is 2.17 bits per heavy atom. The Labute approximate surface area is 76.0 Å². The largest absolute Gasteiger partial charge is 0.547 e. The minimum Gasteiger partial charge on any atom is -0.547 e. The molecule has 70 valence electrons. The van der Waals surface area contributed by atoms with E-state index in [-0.39, 0.29) is 0 Å². The molecule has 0 aromatic rings. The Bertz CT molecular complexity index is 189. The molecular formula is C9H18O2Si. The van der Waals surface area contributed by atoms with Crippen LogP contribution in [0.5, 0.6) is 0 Å². The highest BCUT2D eigenvalue weighted by molar-refractivity contribution is 6.70. The van der Waals surface area contributed by atoms with E-state index in [4.69, 9.17) is 9.16 Å². The number of rotatable bonds is 4. The quantitative estimate of drug-likeness (QED) is 0.382. The van der Waals surface area contributed by atoms with E-state index < -0.39 is 8.32 Å². The summed E-state index contributed by atoms with van der Waals surface area (Å²) in [6, 6.07) is 0. The summed E-state index contributed by atoms with van der Waals surface area (Å²) in [5, 5.41) is 0. The van der Waals surface area contributed by atoms with Gasteiger partial charge in [0.25, 0.3) is 0 Å². The fourth-order valence-corrected chi connectivity index (χ4v) is 1.82. The molecule has 0 bridgehead atoms. The summed E-state index contributed by atoms with van der Waals surface area (Å²) >= 11 is 0. The average Bonchev–Trinajstić information content (AvgIpc) is 1.82. The van der Waals surface area contributed by atoms with Crippen LogP contribution in [0.25, 0.3) is 0 Å². The molecule has 0 N–H and O–H groups in total. The minimum atomic E-state index is -1.46. The molecule has 0 aliphatic carbocycles. The highest BCUT2D eigenvalue weighted by atomic mass is 28.4. The van der Waals surface area contributed by atoms with Crippen LogP contribution in [-0.4, -0.2) is 15.4 Å². The Kier molecular flexibility index (Phi) is 4.10. The molecule has 3 heteroatoms. The molecule has 0 unspecified atom stereocenters. The third-order valence-corrected chi connectivity index (χ3v) is 2.03. The predicted octanol–water partition coefficient (Wildman–Crippen LogP) is 2.90. The molecular weight excluding hydrogens is 168 g/mol. The molecule has 0 aromatic carbocycles. The van der Waals surface area contributed by atoms with E-state index in [1.165, 1.54) is 0 Å². The number of methoxy groups -OCH3 is 1. The van der Waals surface area contributed by atoms with Crippen molar-refractivity contribution in [3.63, 3.8) is 0 Å². The van der Waals surface area contributed by atoms with Gasteiger partial charge in [0.05, 0.1) is 12.9 Å². The van der Waals surface area contributed by atoms with E-state index >= 15 is 0 Å². The van der Waals surface area contributed by atoms with Crippen LogP contribution in [0.3, 0.4) is 0 Å². The molecule has 0 aliphatic heterocycles. The highest BCUT2D eigenvalue weighted by Crippen LogP contribution is 2.11. The first kappa shape index (κ1) is 11.3. The second kappa shape index (κ2) is 4.35. The van der Waals surface area contributed by atoms with Gasteiger partial charge in [-0.15, -0.1) is 0 Å². The topological polar surface area (TPSA) is 18.5 Å². The van der Waals surface area contributed by atoms with Crippen molar-refractivity contribution in [2.75, 3.05) is 7.11 Å². The maximum atomic E-state index is 5.67. The van der Waals surface area contributed by atoms with Gasteiger partial charge >= 0.3 is 0 Å². The number of hydrogen-bond acceptors (Lipinski definition) is 2. The van der Waals surface area contributed by atoms with Crippen LogP contribution >= 0.6 is 0 Å². The lowest BCUT2D eigenvalue weighted by Crippen LogP contribution is -2.24. The maximum Gasteiger partial charge on any atom is 0.241 e. The first-order valence-electron chi connectivity index (χ1n) is 3.95. The van der Waals surface area contributed by atoms with Gasteiger partial charge in [-0.05, 0) is 26.6 Å². The van der Waals surface area contributed by atoms with Gasteiger partial charge in [-0.2, -0.15) is 0 Å². The van der Waals surface area contributed by atoms with Crippen molar-refractivity contribution >= 4 is 8.32 Å². The van der Waals surface area contributed by atoms with Gasteiger partial charge in [0.15, 0.2) is 0 Å². The summed E-state index contributed by atoms with van der Waals surface area (Å²) in [6.45, 7) is 12.0. The summed E-state index contributed by atoms with van der Waals surface area (Å²) in [7, 11) is 0.133. The Hall–Kier alpha value is -0.703. The number of ether oxygens (including phenoxy) is 1. The van der Waals surface area contributed by atoms with E-state index in [0.717, 1.165) is 5.76 Å². The molecule has 0 heterocycles. The van der Waals surface area contributed by atoms with Crippen molar-refractivity contribution in [3.8, 4) is 0 Å². The fraction of sp³-hybridized carbons (Fsp3) is 0.556. The molecule has 0 aromatic heterocycles. The van der Waals surface area contributed by atoms with Crippen molar-refractivity contribution in [1.29, 1.82) is 0 Å². The fourth-order valence-electron chi connectivity index (χ4n) is 0.798. The Balaban J connectivity index is 4.12. The lowest BCUT2D eigenvalue weighted by molar-refractivity contribution is 0.304. The van der Waals surface area contributed by atoms with Crippen LogP contribution in [-0.2, 0) is 9.16 Å². The molecule has 0 saturated carbocycles. The zero-order chi connectivity index (χ0) is 9.78. The SMILES string of the molecule is C=C(C=C(C)O[Si](C)(C)C)OC. The van der Waals surface area contributed by atoms with E-state index in [2.05, 4.69) is 26.2 Å². The first-order valence-corrected chi connectivity index (χ1v) is 7.36. The molecule has 0 spiro atoms. The first-order chi connectivity index (χ1) is 5.35. The molecule has 2 nitrogen and oxygen atoms in total. The third kappa shape index (κ3) is 6.04. The Morgan fingerprint density at radius 2 is 1.83 bits per heavy atom. The molecule has 0 saturated heterocycles. The molecule has 12 heavy (non-hydrogen) atoms. The average molecular weight is 186 g/mol. The van der Waals surface area contributed by atoms with Crippen molar-refractivity contribution in [2.24, 2.45) is 0 Å². The van der Waals surface area contributed by atoms with Gasteiger partial charge in [0.2, 0.25) is 8.32 Å². The van der Waals surface area contributed by atoms with Crippen LogP contribution in [0.4, 0.5) is 0 Å². The van der Waals surface area contributed by atoms with Crippen LogP contribution in [0, 0.1) is 0 Å². The van der Waals surface area contributed by atoms with Crippen molar-refractivity contribution in [3.05, 3.63) is 24.2 Å². The second-order valence-corrected chi connectivity index (χ2v) is 8.07. The van der Waals surface area contributed by atoms with Crippen LogP contribution < -0.4 is 0 Å². The lowest BCUT2D eigenvalue weighted by Gasteiger charge is -2.19. The van der Waals surface area contributed by atoms with Crippen molar-refractivity contribution in [1.82, 2.24) is 0 Å².